The first kappa shape index (κ1) is 14.1. The molecule has 0 aliphatic heterocycles. The number of carbonyl (C=O) groups is 1. The molecular weight excluding hydrogens is 258 g/mol. The normalized spacial score (nSPS) is 11.0. The fourth-order valence-electron chi connectivity index (χ4n) is 1.18. The Kier molecular flexibility index (Phi) is 4.36. The van der Waals surface area contributed by atoms with E-state index >= 15 is 0 Å². The summed E-state index contributed by atoms with van der Waals surface area (Å²) in [6.45, 7) is -0.432. The summed E-state index contributed by atoms with van der Waals surface area (Å²) in [6.07, 6.45) is 1.32. The van der Waals surface area contributed by atoms with E-state index in [1.54, 1.807) is 6.07 Å². The van der Waals surface area contributed by atoms with Crippen LogP contribution in [-0.2, 0) is 19.6 Å². The lowest BCUT2D eigenvalue weighted by Gasteiger charge is -2.15. The van der Waals surface area contributed by atoms with Gasteiger partial charge in [0.2, 0.25) is 10.0 Å². The summed E-state index contributed by atoms with van der Waals surface area (Å²) in [5, 5.41) is 8.80. The van der Waals surface area contributed by atoms with Gasteiger partial charge in [0.05, 0.1) is 7.11 Å². The molecule has 0 bridgehead atoms. The highest BCUT2D eigenvalue weighted by Crippen LogP contribution is 2.16. The van der Waals surface area contributed by atoms with Crippen LogP contribution in [0, 0.1) is 11.3 Å². The predicted molar refractivity (Wildman–Crippen MR) is 60.8 cm³/mol. The van der Waals surface area contributed by atoms with Crippen LogP contribution in [0.15, 0.2) is 23.2 Å². The molecule has 18 heavy (non-hydrogen) atoms. The van der Waals surface area contributed by atoms with E-state index in [4.69, 9.17) is 5.26 Å². The summed E-state index contributed by atoms with van der Waals surface area (Å²) in [5.74, 6) is -0.691. The molecule has 7 nitrogen and oxygen atoms in total. The quantitative estimate of drug-likeness (QED) is 0.698. The van der Waals surface area contributed by atoms with Crippen LogP contribution in [0.2, 0.25) is 0 Å². The molecule has 0 radical (unpaired) electrons. The van der Waals surface area contributed by atoms with Gasteiger partial charge in [-0.1, -0.05) is 0 Å². The van der Waals surface area contributed by atoms with Gasteiger partial charge in [0, 0.05) is 13.2 Å². The van der Waals surface area contributed by atoms with E-state index in [9.17, 15) is 13.2 Å². The SMILES string of the molecule is COC(=O)CN(C)S(=O)(=O)c1cccnc1C#N. The molecule has 0 atom stereocenters. The number of nitrogens with zero attached hydrogens (tertiary/aromatic N) is 3. The Hall–Kier alpha value is -1.98. The molecule has 0 unspecified atom stereocenters. The molecule has 0 saturated heterocycles. The van der Waals surface area contributed by atoms with Crippen molar-refractivity contribution in [1.29, 1.82) is 5.26 Å². The third-order valence-corrected chi connectivity index (χ3v) is 3.98. The number of hydrogen-bond donors (Lipinski definition) is 0. The van der Waals surface area contributed by atoms with Crippen LogP contribution < -0.4 is 0 Å². The van der Waals surface area contributed by atoms with E-state index in [0.29, 0.717) is 0 Å². The largest absolute Gasteiger partial charge is 0.468 e. The standard InChI is InChI=1S/C10H11N3O4S/c1-13(7-10(14)17-2)18(15,16)9-4-3-5-12-8(9)6-11/h3-5H,7H2,1-2H3. The Bertz CT molecular complexity index is 591. The van der Waals surface area contributed by atoms with Gasteiger partial charge in [0.1, 0.15) is 17.5 Å². The number of carbonyl (C=O) groups excluding carboxylic acids is 1. The third kappa shape index (κ3) is 2.82. The Morgan fingerprint density at radius 2 is 2.28 bits per heavy atom. The fraction of sp³-hybridized carbons (Fsp3) is 0.300. The zero-order valence-electron chi connectivity index (χ0n) is 9.82. The highest BCUT2D eigenvalue weighted by Gasteiger charge is 2.26. The number of hydrogen-bond acceptors (Lipinski definition) is 6. The first-order valence-electron chi connectivity index (χ1n) is 4.81. The number of sulfonamides is 1. The molecule has 1 rings (SSSR count). The summed E-state index contributed by atoms with van der Waals surface area (Å²) in [4.78, 5) is 14.5. The summed E-state index contributed by atoms with van der Waals surface area (Å²) < 4.78 is 29.4. The Balaban J connectivity index is 3.14. The second-order valence-corrected chi connectivity index (χ2v) is 5.31. The maximum atomic E-state index is 12.1. The fourth-order valence-corrected chi connectivity index (χ4v) is 2.39. The van der Waals surface area contributed by atoms with Crippen LogP contribution >= 0.6 is 0 Å². The maximum absolute atomic E-state index is 12.1. The number of ether oxygens (including phenoxy) is 1. The van der Waals surface area contributed by atoms with Gasteiger partial charge in [-0.15, -0.1) is 0 Å². The van der Waals surface area contributed by atoms with Gasteiger partial charge >= 0.3 is 5.97 Å². The summed E-state index contributed by atoms with van der Waals surface area (Å²) >= 11 is 0. The van der Waals surface area contributed by atoms with Crippen molar-refractivity contribution in [2.24, 2.45) is 0 Å². The van der Waals surface area contributed by atoms with Gasteiger partial charge in [-0.2, -0.15) is 9.57 Å². The monoisotopic (exact) mass is 269 g/mol. The molecule has 0 aromatic carbocycles. The van der Waals surface area contributed by atoms with Crippen LogP contribution in [-0.4, -0.2) is 44.4 Å². The summed E-state index contributed by atoms with van der Waals surface area (Å²) in [7, 11) is -1.56. The van der Waals surface area contributed by atoms with Crippen molar-refractivity contribution in [3.8, 4) is 6.07 Å². The smallest absolute Gasteiger partial charge is 0.321 e. The van der Waals surface area contributed by atoms with E-state index in [1.807, 2.05) is 0 Å². The summed E-state index contributed by atoms with van der Waals surface area (Å²) in [6, 6.07) is 4.35. The van der Waals surface area contributed by atoms with Gasteiger partial charge in [0.15, 0.2) is 5.69 Å². The van der Waals surface area contributed by atoms with Gasteiger partial charge in [-0.25, -0.2) is 13.4 Å². The van der Waals surface area contributed by atoms with E-state index in [2.05, 4.69) is 9.72 Å². The molecule has 0 saturated carbocycles. The van der Waals surface area contributed by atoms with Crippen LogP contribution in [0.1, 0.15) is 5.69 Å². The van der Waals surface area contributed by atoms with E-state index in [-0.39, 0.29) is 10.6 Å². The molecule has 0 spiro atoms. The minimum Gasteiger partial charge on any atom is -0.468 e. The maximum Gasteiger partial charge on any atom is 0.321 e. The van der Waals surface area contributed by atoms with E-state index in [1.165, 1.54) is 25.4 Å². The highest BCUT2D eigenvalue weighted by atomic mass is 32.2. The molecule has 0 aliphatic rings. The molecule has 1 aromatic heterocycles. The average Bonchev–Trinajstić information content (AvgIpc) is 2.38. The first-order chi connectivity index (χ1) is 8.43. The zero-order valence-corrected chi connectivity index (χ0v) is 10.6. The zero-order chi connectivity index (χ0) is 13.8. The summed E-state index contributed by atoms with van der Waals surface area (Å²) in [5.41, 5.74) is -0.214. The Morgan fingerprint density at radius 3 is 2.83 bits per heavy atom. The number of nitriles is 1. The lowest BCUT2D eigenvalue weighted by atomic mass is 10.4. The Morgan fingerprint density at radius 1 is 1.61 bits per heavy atom. The molecule has 1 aromatic rings. The highest BCUT2D eigenvalue weighted by molar-refractivity contribution is 7.89. The molecule has 0 fully saturated rings. The van der Waals surface area contributed by atoms with E-state index < -0.39 is 22.5 Å². The van der Waals surface area contributed by atoms with Gasteiger partial charge in [-0.3, -0.25) is 4.79 Å². The van der Waals surface area contributed by atoms with Crippen molar-refractivity contribution in [1.82, 2.24) is 9.29 Å². The number of methoxy groups -OCH3 is 1. The van der Waals surface area contributed by atoms with Gasteiger partial charge < -0.3 is 4.74 Å². The third-order valence-electron chi connectivity index (χ3n) is 2.14. The Labute approximate surface area is 105 Å². The topological polar surface area (TPSA) is 100 Å². The number of esters is 1. The lowest BCUT2D eigenvalue weighted by Crippen LogP contribution is -2.33. The number of aromatic nitrogens is 1. The van der Waals surface area contributed by atoms with Crippen molar-refractivity contribution in [2.45, 2.75) is 4.90 Å². The van der Waals surface area contributed by atoms with E-state index in [0.717, 1.165) is 11.4 Å². The predicted octanol–water partition coefficient (Wildman–Crippen LogP) is -0.253. The molecule has 0 N–H and O–H groups in total. The molecule has 0 amide bonds. The molecular formula is C10H11N3O4S. The molecule has 96 valence electrons. The second kappa shape index (κ2) is 5.57. The van der Waals surface area contributed by atoms with Crippen molar-refractivity contribution in [3.05, 3.63) is 24.0 Å². The van der Waals surface area contributed by atoms with Gasteiger partial charge in [0.25, 0.3) is 0 Å². The number of pyridine rings is 1. The lowest BCUT2D eigenvalue weighted by molar-refractivity contribution is -0.140. The van der Waals surface area contributed by atoms with Crippen molar-refractivity contribution in [2.75, 3.05) is 20.7 Å². The number of rotatable bonds is 4. The van der Waals surface area contributed by atoms with Crippen LogP contribution in [0.3, 0.4) is 0 Å². The van der Waals surface area contributed by atoms with Crippen molar-refractivity contribution < 1.29 is 17.9 Å². The number of likely N-dealkylation sites (N-methyl/N-ethyl adjacent to an activating group) is 1. The first-order valence-corrected chi connectivity index (χ1v) is 6.25. The molecule has 8 heteroatoms. The van der Waals surface area contributed by atoms with Crippen molar-refractivity contribution in [3.63, 3.8) is 0 Å². The van der Waals surface area contributed by atoms with Crippen molar-refractivity contribution >= 4 is 16.0 Å². The average molecular weight is 269 g/mol. The molecule has 1 heterocycles. The van der Waals surface area contributed by atoms with Crippen LogP contribution in [0.4, 0.5) is 0 Å². The van der Waals surface area contributed by atoms with Crippen LogP contribution in [0.25, 0.3) is 0 Å². The minimum atomic E-state index is -3.94. The van der Waals surface area contributed by atoms with Gasteiger partial charge in [-0.05, 0) is 12.1 Å². The van der Waals surface area contributed by atoms with Crippen LogP contribution in [0.5, 0.6) is 0 Å². The minimum absolute atomic E-state index is 0.214. The second-order valence-electron chi connectivity index (χ2n) is 3.30. The molecule has 0 aliphatic carbocycles.